The molecule has 1 heterocycles. The number of rotatable bonds is 5. The summed E-state index contributed by atoms with van der Waals surface area (Å²) in [6, 6.07) is 6.22. The summed E-state index contributed by atoms with van der Waals surface area (Å²) in [4.78, 5) is 16.6. The molecule has 4 heteroatoms. The van der Waals surface area contributed by atoms with Gasteiger partial charge in [-0.3, -0.25) is 4.79 Å². The maximum Gasteiger partial charge on any atom is 0.227 e. The maximum absolute atomic E-state index is 12.5. The first kappa shape index (κ1) is 17.0. The summed E-state index contributed by atoms with van der Waals surface area (Å²) in [6.45, 7) is 6.67. The SMILES string of the molecule is Cc1ccc(CC(=O)N2C[C@@H](CN(C)C)[C@@H](CO)C2)cc1C. The average Bonchev–Trinajstić information content (AvgIpc) is 2.85. The molecule has 1 N–H and O–H groups in total. The van der Waals surface area contributed by atoms with E-state index in [2.05, 4.69) is 30.9 Å². The molecule has 0 aromatic heterocycles. The first-order valence-corrected chi connectivity index (χ1v) is 8.00. The lowest BCUT2D eigenvalue weighted by Crippen LogP contribution is -2.31. The van der Waals surface area contributed by atoms with Crippen molar-refractivity contribution in [1.29, 1.82) is 0 Å². The molecule has 0 unspecified atom stereocenters. The Morgan fingerprint density at radius 3 is 2.50 bits per heavy atom. The van der Waals surface area contributed by atoms with Crippen LogP contribution in [-0.4, -0.2) is 61.2 Å². The topological polar surface area (TPSA) is 43.8 Å². The van der Waals surface area contributed by atoms with Crippen molar-refractivity contribution in [2.75, 3.05) is 40.3 Å². The molecular formula is C18H28N2O2. The molecule has 4 nitrogen and oxygen atoms in total. The zero-order chi connectivity index (χ0) is 16.3. The summed E-state index contributed by atoms with van der Waals surface area (Å²) in [6.07, 6.45) is 0.452. The minimum Gasteiger partial charge on any atom is -0.396 e. The van der Waals surface area contributed by atoms with Gasteiger partial charge in [-0.2, -0.15) is 0 Å². The van der Waals surface area contributed by atoms with Crippen LogP contribution in [0.4, 0.5) is 0 Å². The van der Waals surface area contributed by atoms with Crippen LogP contribution in [0, 0.1) is 25.7 Å². The fourth-order valence-corrected chi connectivity index (χ4v) is 3.23. The number of aryl methyl sites for hydroxylation is 2. The van der Waals surface area contributed by atoms with Crippen LogP contribution in [0.25, 0.3) is 0 Å². The predicted octanol–water partition coefficient (Wildman–Crippen LogP) is 1.47. The molecule has 1 amide bonds. The number of aliphatic hydroxyl groups is 1. The van der Waals surface area contributed by atoms with Crippen LogP contribution in [0.1, 0.15) is 16.7 Å². The van der Waals surface area contributed by atoms with Crippen LogP contribution < -0.4 is 0 Å². The second-order valence-corrected chi connectivity index (χ2v) is 6.86. The Labute approximate surface area is 133 Å². The lowest BCUT2D eigenvalue weighted by atomic mass is 9.97. The van der Waals surface area contributed by atoms with Gasteiger partial charge in [-0.1, -0.05) is 18.2 Å². The Bertz CT molecular complexity index is 528. The standard InChI is InChI=1S/C18H28N2O2/c1-13-5-6-15(7-14(13)2)8-18(22)20-10-16(9-19(3)4)17(11-20)12-21/h5-7,16-17,21H,8-12H2,1-4H3/t16-,17-/m1/s1. The number of hydrogen-bond acceptors (Lipinski definition) is 3. The van der Waals surface area contributed by atoms with Crippen molar-refractivity contribution in [3.63, 3.8) is 0 Å². The molecule has 0 aliphatic carbocycles. The highest BCUT2D eigenvalue weighted by Gasteiger charge is 2.34. The van der Waals surface area contributed by atoms with E-state index >= 15 is 0 Å². The number of carbonyl (C=O) groups excluding carboxylic acids is 1. The van der Waals surface area contributed by atoms with Crippen molar-refractivity contribution >= 4 is 5.91 Å². The first-order chi connectivity index (χ1) is 10.4. The summed E-state index contributed by atoms with van der Waals surface area (Å²) < 4.78 is 0. The third-order valence-electron chi connectivity index (χ3n) is 4.69. The van der Waals surface area contributed by atoms with Crippen LogP contribution in [0.5, 0.6) is 0 Å². The molecule has 1 aliphatic rings. The van der Waals surface area contributed by atoms with Gasteiger partial charge in [0.2, 0.25) is 5.91 Å². The van der Waals surface area contributed by atoms with Gasteiger partial charge in [-0.15, -0.1) is 0 Å². The normalized spacial score (nSPS) is 21.6. The predicted molar refractivity (Wildman–Crippen MR) is 88.8 cm³/mol. The summed E-state index contributed by atoms with van der Waals surface area (Å²) in [5.74, 6) is 0.734. The molecule has 0 radical (unpaired) electrons. The second kappa shape index (κ2) is 7.25. The van der Waals surface area contributed by atoms with Crippen LogP contribution in [0.15, 0.2) is 18.2 Å². The van der Waals surface area contributed by atoms with E-state index in [0.29, 0.717) is 18.9 Å². The smallest absolute Gasteiger partial charge is 0.227 e. The summed E-state index contributed by atoms with van der Waals surface area (Å²) in [5, 5.41) is 9.55. The molecule has 0 saturated carbocycles. The van der Waals surface area contributed by atoms with Crippen molar-refractivity contribution in [2.24, 2.45) is 11.8 Å². The van der Waals surface area contributed by atoms with E-state index in [9.17, 15) is 9.90 Å². The molecule has 2 atom stereocenters. The minimum atomic E-state index is 0.159. The van der Waals surface area contributed by atoms with Crippen LogP contribution >= 0.6 is 0 Å². The number of aliphatic hydroxyl groups excluding tert-OH is 1. The van der Waals surface area contributed by atoms with Crippen LogP contribution in [-0.2, 0) is 11.2 Å². The van der Waals surface area contributed by atoms with Crippen LogP contribution in [0.3, 0.4) is 0 Å². The van der Waals surface area contributed by atoms with Gasteiger partial charge in [0.25, 0.3) is 0 Å². The van der Waals surface area contributed by atoms with Crippen molar-refractivity contribution in [2.45, 2.75) is 20.3 Å². The third-order valence-corrected chi connectivity index (χ3v) is 4.69. The largest absolute Gasteiger partial charge is 0.396 e. The van der Waals surface area contributed by atoms with Crippen molar-refractivity contribution < 1.29 is 9.90 Å². The van der Waals surface area contributed by atoms with Gasteiger partial charge in [-0.25, -0.2) is 0 Å². The van der Waals surface area contributed by atoms with Crippen molar-refractivity contribution in [3.8, 4) is 0 Å². The minimum absolute atomic E-state index is 0.159. The Morgan fingerprint density at radius 1 is 1.23 bits per heavy atom. The summed E-state index contributed by atoms with van der Waals surface area (Å²) >= 11 is 0. The quantitative estimate of drug-likeness (QED) is 0.896. The van der Waals surface area contributed by atoms with Gasteiger partial charge in [0.05, 0.1) is 6.42 Å². The zero-order valence-electron chi connectivity index (χ0n) is 14.2. The maximum atomic E-state index is 12.5. The van der Waals surface area contributed by atoms with Gasteiger partial charge in [0, 0.05) is 32.2 Å². The number of carbonyl (C=O) groups is 1. The molecule has 122 valence electrons. The molecule has 1 aliphatic heterocycles. The number of amides is 1. The highest BCUT2D eigenvalue weighted by atomic mass is 16.3. The van der Waals surface area contributed by atoms with E-state index in [1.807, 2.05) is 25.1 Å². The van der Waals surface area contributed by atoms with E-state index in [0.717, 1.165) is 18.7 Å². The number of hydrogen-bond donors (Lipinski definition) is 1. The molecule has 0 spiro atoms. The third kappa shape index (κ3) is 4.08. The lowest BCUT2D eigenvalue weighted by Gasteiger charge is -2.20. The second-order valence-electron chi connectivity index (χ2n) is 6.86. The van der Waals surface area contributed by atoms with E-state index in [4.69, 9.17) is 0 Å². The van der Waals surface area contributed by atoms with Gasteiger partial charge in [0.1, 0.15) is 0 Å². The summed E-state index contributed by atoms with van der Waals surface area (Å²) in [5.41, 5.74) is 3.55. The monoisotopic (exact) mass is 304 g/mol. The molecular weight excluding hydrogens is 276 g/mol. The fourth-order valence-electron chi connectivity index (χ4n) is 3.23. The molecule has 1 saturated heterocycles. The van der Waals surface area contributed by atoms with Gasteiger partial charge in [0.15, 0.2) is 0 Å². The number of benzene rings is 1. The molecule has 1 aromatic rings. The fraction of sp³-hybridized carbons (Fsp3) is 0.611. The van der Waals surface area contributed by atoms with E-state index < -0.39 is 0 Å². The Morgan fingerprint density at radius 2 is 1.91 bits per heavy atom. The summed E-state index contributed by atoms with van der Waals surface area (Å²) in [7, 11) is 4.07. The van der Waals surface area contributed by atoms with Gasteiger partial charge < -0.3 is 14.9 Å². The molecule has 1 fully saturated rings. The van der Waals surface area contributed by atoms with E-state index in [-0.39, 0.29) is 18.4 Å². The zero-order valence-corrected chi connectivity index (χ0v) is 14.2. The Hall–Kier alpha value is -1.39. The number of nitrogens with zero attached hydrogens (tertiary/aromatic N) is 2. The highest BCUT2D eigenvalue weighted by Crippen LogP contribution is 2.24. The number of likely N-dealkylation sites (tertiary alicyclic amines) is 1. The first-order valence-electron chi connectivity index (χ1n) is 8.00. The molecule has 0 bridgehead atoms. The van der Waals surface area contributed by atoms with Crippen molar-refractivity contribution in [1.82, 2.24) is 9.80 Å². The van der Waals surface area contributed by atoms with E-state index in [1.165, 1.54) is 11.1 Å². The lowest BCUT2D eigenvalue weighted by molar-refractivity contribution is -0.129. The van der Waals surface area contributed by atoms with Gasteiger partial charge in [-0.05, 0) is 50.6 Å². The molecule has 2 rings (SSSR count). The molecule has 22 heavy (non-hydrogen) atoms. The Balaban J connectivity index is 1.99. The molecule has 1 aromatic carbocycles. The van der Waals surface area contributed by atoms with Crippen LogP contribution in [0.2, 0.25) is 0 Å². The van der Waals surface area contributed by atoms with Crippen molar-refractivity contribution in [3.05, 3.63) is 34.9 Å². The van der Waals surface area contributed by atoms with E-state index in [1.54, 1.807) is 0 Å². The Kier molecular flexibility index (Phi) is 5.59. The van der Waals surface area contributed by atoms with Gasteiger partial charge >= 0.3 is 0 Å². The average molecular weight is 304 g/mol. The highest BCUT2D eigenvalue weighted by molar-refractivity contribution is 5.79.